The van der Waals surface area contributed by atoms with Crippen LogP contribution in [0.4, 0.5) is 8.78 Å². The first-order chi connectivity index (χ1) is 11.3. The van der Waals surface area contributed by atoms with Gasteiger partial charge in [0.2, 0.25) is 4.99 Å². The van der Waals surface area contributed by atoms with Gasteiger partial charge in [-0.2, -0.15) is 22.6 Å². The number of hydrogen-bond donors (Lipinski definition) is 2. The fourth-order valence-electron chi connectivity index (χ4n) is 1.97. The molecule has 25 heavy (non-hydrogen) atoms. The highest BCUT2D eigenvalue weighted by Crippen LogP contribution is 2.29. The van der Waals surface area contributed by atoms with Gasteiger partial charge in [0.05, 0.1) is 0 Å². The van der Waals surface area contributed by atoms with E-state index in [2.05, 4.69) is 26.3 Å². The molecule has 0 aromatic heterocycles. The Balaban J connectivity index is 2.50. The average Bonchev–Trinajstić information content (AvgIpc) is 2.88. The van der Waals surface area contributed by atoms with Crippen molar-refractivity contribution in [3.8, 4) is 0 Å². The summed E-state index contributed by atoms with van der Waals surface area (Å²) in [5, 5.41) is 5.14. The predicted octanol–water partition coefficient (Wildman–Crippen LogP) is -0.133. The monoisotopic (exact) mass is 461 g/mol. The number of nitrogens with zero attached hydrogens (tertiary/aromatic N) is 3. The molecule has 0 bridgehead atoms. The van der Waals surface area contributed by atoms with Crippen LogP contribution in [-0.4, -0.2) is 51.0 Å². The van der Waals surface area contributed by atoms with Gasteiger partial charge >= 0.3 is 10.2 Å². The molecule has 1 unspecified atom stereocenters. The van der Waals surface area contributed by atoms with Crippen LogP contribution in [0.2, 0.25) is 0 Å². The maximum atomic E-state index is 14.1. The Kier molecular flexibility index (Phi) is 5.24. The van der Waals surface area contributed by atoms with Gasteiger partial charge in [-0.1, -0.05) is 15.9 Å². The van der Waals surface area contributed by atoms with Gasteiger partial charge in [-0.25, -0.2) is 27.3 Å². The molecule has 9 nitrogen and oxygen atoms in total. The Morgan fingerprint density at radius 1 is 1.28 bits per heavy atom. The minimum absolute atomic E-state index is 0.107. The van der Waals surface area contributed by atoms with Crippen molar-refractivity contribution in [2.45, 2.75) is 11.4 Å². The second-order valence-corrected chi connectivity index (χ2v) is 10.00. The van der Waals surface area contributed by atoms with E-state index in [0.717, 1.165) is 16.4 Å². The van der Waals surface area contributed by atoms with Crippen molar-refractivity contribution < 1.29 is 25.6 Å². The number of nitrogens with one attached hydrogen (secondary N) is 1. The highest BCUT2D eigenvalue weighted by atomic mass is 79.9. The molecule has 1 aromatic rings. The zero-order valence-corrected chi connectivity index (χ0v) is 16.2. The van der Waals surface area contributed by atoms with Crippen molar-refractivity contribution in [3.05, 3.63) is 33.8 Å². The van der Waals surface area contributed by atoms with Crippen LogP contribution >= 0.6 is 15.9 Å². The first kappa shape index (κ1) is 20.1. The van der Waals surface area contributed by atoms with Crippen LogP contribution in [0.1, 0.15) is 5.56 Å². The lowest BCUT2D eigenvalue weighted by Crippen LogP contribution is -2.58. The van der Waals surface area contributed by atoms with Gasteiger partial charge in [-0.15, -0.1) is 0 Å². The fourth-order valence-corrected chi connectivity index (χ4v) is 3.98. The van der Waals surface area contributed by atoms with Crippen LogP contribution < -0.4 is 10.6 Å². The van der Waals surface area contributed by atoms with Crippen molar-refractivity contribution in [1.29, 1.82) is 0 Å². The van der Waals surface area contributed by atoms with Gasteiger partial charge in [0, 0.05) is 30.6 Å². The van der Waals surface area contributed by atoms with Crippen molar-refractivity contribution in [2.75, 3.05) is 14.1 Å². The Bertz CT molecular complexity index is 915. The second-order valence-electron chi connectivity index (χ2n) is 5.30. The molecule has 1 aliphatic rings. The maximum Gasteiger partial charge on any atom is 0.318 e. The summed E-state index contributed by atoms with van der Waals surface area (Å²) in [6.45, 7) is 0. The summed E-state index contributed by atoms with van der Waals surface area (Å²) in [7, 11) is -6.33. The van der Waals surface area contributed by atoms with Crippen LogP contribution in [0.15, 0.2) is 21.6 Å². The number of benzene rings is 1. The van der Waals surface area contributed by atoms with Gasteiger partial charge < -0.3 is 0 Å². The molecule has 2 rings (SSSR count). The molecule has 1 atom stereocenters. The molecule has 1 aromatic carbocycles. The summed E-state index contributed by atoms with van der Waals surface area (Å²) >= 11 is 2.90. The third-order valence-corrected chi connectivity index (χ3v) is 6.70. The van der Waals surface area contributed by atoms with E-state index in [1.807, 2.05) is 0 Å². The Labute approximate surface area is 151 Å². The molecule has 0 spiro atoms. The van der Waals surface area contributed by atoms with Crippen LogP contribution in [0.5, 0.6) is 0 Å². The molecule has 0 saturated carbocycles. The molecule has 0 radical (unpaired) electrons. The SMILES string of the molecule is CN(C)S(=O)(=O)N1C=NC(Cc2c(F)cc(Br)cc2F)(S(N)(=O)=O)N1. The Morgan fingerprint density at radius 3 is 2.24 bits per heavy atom. The molecule has 0 aliphatic carbocycles. The fraction of sp³-hybridized carbons (Fsp3) is 0.364. The normalized spacial score (nSPS) is 21.3. The zero-order valence-electron chi connectivity index (χ0n) is 12.9. The minimum Gasteiger partial charge on any atom is -0.232 e. The summed E-state index contributed by atoms with van der Waals surface area (Å²) in [5.74, 6) is -2.08. The smallest absolute Gasteiger partial charge is 0.232 e. The first-order valence-corrected chi connectivity index (χ1v) is 10.2. The highest BCUT2D eigenvalue weighted by Gasteiger charge is 2.49. The number of aliphatic imine (C=N–C) groups is 1. The molecule has 0 amide bonds. The summed E-state index contributed by atoms with van der Waals surface area (Å²) in [6, 6.07) is 1.87. The van der Waals surface area contributed by atoms with Crippen LogP contribution in [-0.2, 0) is 26.7 Å². The number of halogens is 3. The van der Waals surface area contributed by atoms with Gasteiger partial charge in [0.15, 0.2) is 0 Å². The molecular weight excluding hydrogens is 448 g/mol. The average molecular weight is 462 g/mol. The molecule has 0 saturated heterocycles. The molecule has 3 N–H and O–H groups in total. The number of nitrogens with two attached hydrogens (primary N) is 1. The lowest BCUT2D eigenvalue weighted by molar-refractivity contribution is 0.339. The lowest BCUT2D eigenvalue weighted by atomic mass is 10.1. The van der Waals surface area contributed by atoms with E-state index < -0.39 is 48.8 Å². The van der Waals surface area contributed by atoms with Gasteiger partial charge in [0.25, 0.3) is 10.0 Å². The highest BCUT2D eigenvalue weighted by molar-refractivity contribution is 9.10. The van der Waals surface area contributed by atoms with Gasteiger partial charge in [0.1, 0.15) is 18.0 Å². The van der Waals surface area contributed by atoms with E-state index in [1.54, 1.807) is 0 Å². The number of sulfonamides is 1. The standard InChI is InChI=1S/C11H14BrF2N5O4S2/c1-18(2)25(22,23)19-6-16-11(17-19,24(15,20)21)5-8-9(13)3-7(12)4-10(8)14/h3-4,6,17H,5H2,1-2H3,(H2,15,20,21). The number of hydrogen-bond acceptors (Lipinski definition) is 6. The number of rotatable bonds is 5. The molecule has 1 aliphatic heterocycles. The Morgan fingerprint density at radius 2 is 1.80 bits per heavy atom. The van der Waals surface area contributed by atoms with Gasteiger partial charge in [-0.05, 0) is 12.1 Å². The number of hydrazine groups is 1. The van der Waals surface area contributed by atoms with Crippen molar-refractivity contribution in [3.63, 3.8) is 0 Å². The second kappa shape index (κ2) is 6.51. The van der Waals surface area contributed by atoms with Crippen LogP contribution in [0.25, 0.3) is 0 Å². The van der Waals surface area contributed by atoms with Crippen molar-refractivity contribution >= 4 is 42.5 Å². The molecule has 14 heteroatoms. The van der Waals surface area contributed by atoms with Crippen molar-refractivity contribution in [1.82, 2.24) is 14.1 Å². The number of primary sulfonamides is 1. The van der Waals surface area contributed by atoms with Crippen LogP contribution in [0.3, 0.4) is 0 Å². The van der Waals surface area contributed by atoms with Crippen LogP contribution in [0, 0.1) is 11.6 Å². The Hall–Kier alpha value is -1.19. The van der Waals surface area contributed by atoms with E-state index in [4.69, 9.17) is 5.14 Å². The predicted molar refractivity (Wildman–Crippen MR) is 89.7 cm³/mol. The summed E-state index contributed by atoms with van der Waals surface area (Å²) in [6.07, 6.45) is -0.193. The van der Waals surface area contributed by atoms with Crippen molar-refractivity contribution in [2.24, 2.45) is 10.1 Å². The zero-order chi connectivity index (χ0) is 19.2. The molecule has 0 fully saturated rings. The third kappa shape index (κ3) is 3.68. The summed E-state index contributed by atoms with van der Waals surface area (Å²) in [4.78, 5) is 1.11. The summed E-state index contributed by atoms with van der Waals surface area (Å²) in [5.41, 5.74) is 1.49. The molecule has 140 valence electrons. The van der Waals surface area contributed by atoms with Gasteiger partial charge in [-0.3, -0.25) is 0 Å². The van der Waals surface area contributed by atoms with E-state index in [-0.39, 0.29) is 4.47 Å². The molecule has 1 heterocycles. The first-order valence-electron chi connectivity index (χ1n) is 6.51. The maximum absolute atomic E-state index is 14.1. The molecular formula is C11H14BrF2N5O4S2. The lowest BCUT2D eigenvalue weighted by Gasteiger charge is -2.28. The van der Waals surface area contributed by atoms with E-state index in [9.17, 15) is 25.6 Å². The summed E-state index contributed by atoms with van der Waals surface area (Å²) < 4.78 is 77.6. The largest absolute Gasteiger partial charge is 0.318 e. The third-order valence-electron chi connectivity index (χ3n) is 3.36. The van der Waals surface area contributed by atoms with E-state index in [0.29, 0.717) is 10.8 Å². The topological polar surface area (TPSA) is 125 Å². The quantitative estimate of drug-likeness (QED) is 0.631. The minimum atomic E-state index is -4.60. The van der Waals surface area contributed by atoms with E-state index >= 15 is 0 Å². The van der Waals surface area contributed by atoms with E-state index in [1.165, 1.54) is 14.1 Å².